The maximum Gasteiger partial charge on any atom is 0.232 e. The van der Waals surface area contributed by atoms with Crippen molar-refractivity contribution in [2.75, 3.05) is 45.2 Å². The lowest BCUT2D eigenvalue weighted by Crippen LogP contribution is -2.06. The molecule has 0 saturated heterocycles. The van der Waals surface area contributed by atoms with Crippen LogP contribution in [0, 0.1) is 0 Å². The molecule has 11 heteroatoms. The number of nitrogens with one attached hydrogen (secondary N) is 2. The van der Waals surface area contributed by atoms with Crippen LogP contribution in [0.15, 0.2) is 84.0 Å². The van der Waals surface area contributed by atoms with E-state index < -0.39 is 0 Å². The Morgan fingerprint density at radius 3 is 1.05 bits per heavy atom. The Hall–Kier alpha value is -1.63. The van der Waals surface area contributed by atoms with Crippen molar-refractivity contribution in [2.45, 2.75) is 148 Å². The third-order valence-corrected chi connectivity index (χ3v) is 16.2. The Bertz CT molecular complexity index is 1540. The van der Waals surface area contributed by atoms with Crippen LogP contribution in [0.1, 0.15) is 119 Å². The van der Waals surface area contributed by atoms with Crippen LogP contribution in [0.25, 0.3) is 11.4 Å². The minimum atomic E-state index is 0.545. The van der Waals surface area contributed by atoms with Crippen LogP contribution >= 0.6 is 70.6 Å². The first kappa shape index (κ1) is 47.1. The lowest BCUT2D eigenvalue weighted by molar-refractivity contribution is 0.889. The summed E-state index contributed by atoms with van der Waals surface area (Å²) in [6.45, 7) is 13.7. The summed E-state index contributed by atoms with van der Waals surface area (Å²) in [6, 6.07) is 19.6. The van der Waals surface area contributed by atoms with Gasteiger partial charge in [0.25, 0.3) is 0 Å². The number of unbranched alkanes of at least 4 members (excludes halogenated alkanes) is 6. The lowest BCUT2D eigenvalue weighted by atomic mass is 10.2. The quantitative estimate of drug-likeness (QED) is 0.0405. The van der Waals surface area contributed by atoms with Gasteiger partial charge in [-0.1, -0.05) is 110 Å². The van der Waals surface area contributed by atoms with Crippen molar-refractivity contribution in [3.05, 3.63) is 54.6 Å². The fourth-order valence-electron chi connectivity index (χ4n) is 5.42. The molecule has 3 aromatic carbocycles. The fraction of sp³-hybridized carbons (Fsp3) is 0.533. The SMILES string of the molecule is CCCCSc1cc(Nc2nc(Nc3cc(SCCCC)c(SCCCC)c(SCCCC)c3)nc(-c3ccccc3)n2)cc(SCCCC)c1SCCCC. The molecule has 0 aliphatic rings. The maximum atomic E-state index is 5.05. The highest BCUT2D eigenvalue weighted by Gasteiger charge is 2.18. The molecule has 4 rings (SSSR count). The van der Waals surface area contributed by atoms with Gasteiger partial charge in [0, 0.05) is 46.3 Å². The normalized spacial score (nSPS) is 11.3. The van der Waals surface area contributed by atoms with Crippen LogP contribution in [0.5, 0.6) is 0 Å². The minimum absolute atomic E-state index is 0.545. The Morgan fingerprint density at radius 1 is 0.411 bits per heavy atom. The highest BCUT2D eigenvalue weighted by Crippen LogP contribution is 2.44. The number of aromatic nitrogens is 3. The predicted molar refractivity (Wildman–Crippen MR) is 259 cm³/mol. The molecule has 0 aliphatic carbocycles. The topological polar surface area (TPSA) is 62.7 Å². The molecular weight excluding hydrogens is 803 g/mol. The monoisotopic (exact) mass is 867 g/mol. The van der Waals surface area contributed by atoms with E-state index in [0.717, 1.165) is 51.5 Å². The van der Waals surface area contributed by atoms with Gasteiger partial charge in [0.2, 0.25) is 11.9 Å². The second-order valence-corrected chi connectivity index (χ2v) is 20.5. The van der Waals surface area contributed by atoms with Crippen LogP contribution in [0.2, 0.25) is 0 Å². The number of benzene rings is 3. The number of hydrogen-bond donors (Lipinski definition) is 2. The molecule has 0 bridgehead atoms. The van der Waals surface area contributed by atoms with Crippen molar-refractivity contribution in [2.24, 2.45) is 0 Å². The summed E-state index contributed by atoms with van der Waals surface area (Å²) in [7, 11) is 0. The molecule has 0 amide bonds. The minimum Gasteiger partial charge on any atom is -0.324 e. The van der Waals surface area contributed by atoms with Crippen molar-refractivity contribution in [1.82, 2.24) is 15.0 Å². The van der Waals surface area contributed by atoms with Gasteiger partial charge in [-0.15, -0.1) is 70.6 Å². The molecule has 4 aromatic rings. The van der Waals surface area contributed by atoms with E-state index in [0.29, 0.717) is 17.7 Å². The van der Waals surface area contributed by atoms with Gasteiger partial charge in [-0.05, 0) is 97.3 Å². The highest BCUT2D eigenvalue weighted by atomic mass is 32.2. The van der Waals surface area contributed by atoms with Gasteiger partial charge < -0.3 is 10.6 Å². The van der Waals surface area contributed by atoms with Crippen molar-refractivity contribution in [3.63, 3.8) is 0 Å². The van der Waals surface area contributed by atoms with E-state index in [1.54, 1.807) is 0 Å². The first-order valence-electron chi connectivity index (χ1n) is 21.0. The van der Waals surface area contributed by atoms with Gasteiger partial charge in [-0.3, -0.25) is 0 Å². The van der Waals surface area contributed by atoms with Gasteiger partial charge in [-0.25, -0.2) is 0 Å². The molecule has 56 heavy (non-hydrogen) atoms. The molecule has 0 atom stereocenters. The van der Waals surface area contributed by atoms with E-state index in [2.05, 4.69) is 88.6 Å². The van der Waals surface area contributed by atoms with E-state index in [1.807, 2.05) is 88.8 Å². The van der Waals surface area contributed by atoms with E-state index in [1.165, 1.54) is 106 Å². The van der Waals surface area contributed by atoms with Gasteiger partial charge >= 0.3 is 0 Å². The van der Waals surface area contributed by atoms with Crippen LogP contribution in [0.3, 0.4) is 0 Å². The van der Waals surface area contributed by atoms with Crippen LogP contribution in [-0.4, -0.2) is 49.5 Å². The molecule has 0 spiro atoms. The number of hydrogen-bond acceptors (Lipinski definition) is 11. The van der Waals surface area contributed by atoms with Crippen LogP contribution in [-0.2, 0) is 0 Å². The van der Waals surface area contributed by atoms with E-state index in [4.69, 9.17) is 15.0 Å². The summed E-state index contributed by atoms with van der Waals surface area (Å²) in [5, 5.41) is 7.35. The third kappa shape index (κ3) is 16.2. The molecule has 0 aliphatic heterocycles. The standard InChI is InChI=1S/C45H65N5S6/c1-7-13-24-51-37-30-35(31-38(52-25-14-8-2)41(37)55-28-17-11-5)46-44-48-43(34-22-20-19-21-23-34)49-45(50-44)47-36-32-39(53-26-15-9-3)42(56-29-18-12-6)40(33-36)54-27-16-10-4/h19-23,30-33H,7-18,24-29H2,1-6H3,(H2,46,47,48,49,50). The molecule has 2 N–H and O–H groups in total. The fourth-order valence-corrected chi connectivity index (χ4v) is 13.5. The van der Waals surface area contributed by atoms with Crippen LogP contribution < -0.4 is 10.6 Å². The van der Waals surface area contributed by atoms with Gasteiger partial charge in [0.15, 0.2) is 5.82 Å². The number of anilines is 4. The summed E-state index contributed by atoms with van der Waals surface area (Å²) < 4.78 is 0. The van der Waals surface area contributed by atoms with Gasteiger partial charge in [0.05, 0.1) is 0 Å². The second kappa shape index (κ2) is 27.9. The molecule has 0 saturated carbocycles. The van der Waals surface area contributed by atoms with Crippen LogP contribution in [0.4, 0.5) is 23.3 Å². The van der Waals surface area contributed by atoms with Gasteiger partial charge in [0.1, 0.15) is 0 Å². The number of nitrogens with zero attached hydrogens (tertiary/aromatic N) is 3. The molecule has 0 unspecified atom stereocenters. The molecule has 1 heterocycles. The van der Waals surface area contributed by atoms with E-state index in [-0.39, 0.29) is 0 Å². The highest BCUT2D eigenvalue weighted by molar-refractivity contribution is 8.04. The van der Waals surface area contributed by atoms with Crippen molar-refractivity contribution < 1.29 is 0 Å². The molecular formula is C45H65N5S6. The van der Waals surface area contributed by atoms with E-state index >= 15 is 0 Å². The summed E-state index contributed by atoms with van der Waals surface area (Å²) in [4.78, 5) is 23.4. The van der Waals surface area contributed by atoms with E-state index in [9.17, 15) is 0 Å². The summed E-state index contributed by atoms with van der Waals surface area (Å²) in [5.74, 6) is 8.49. The summed E-state index contributed by atoms with van der Waals surface area (Å²) >= 11 is 12.0. The Balaban J connectivity index is 1.78. The molecule has 306 valence electrons. The zero-order chi connectivity index (χ0) is 39.8. The van der Waals surface area contributed by atoms with Crippen molar-refractivity contribution in [3.8, 4) is 11.4 Å². The maximum absolute atomic E-state index is 5.05. The average molecular weight is 868 g/mol. The predicted octanol–water partition coefficient (Wildman–Crippen LogP) is 16.4. The largest absolute Gasteiger partial charge is 0.324 e. The summed E-state index contributed by atoms with van der Waals surface area (Å²) in [6.07, 6.45) is 14.5. The third-order valence-electron chi connectivity index (χ3n) is 8.73. The number of rotatable bonds is 29. The molecule has 0 radical (unpaired) electrons. The molecule has 0 fully saturated rings. The Kier molecular flexibility index (Phi) is 23.5. The average Bonchev–Trinajstić information content (AvgIpc) is 3.20. The van der Waals surface area contributed by atoms with Crippen molar-refractivity contribution in [1.29, 1.82) is 0 Å². The summed E-state index contributed by atoms with van der Waals surface area (Å²) in [5.41, 5.74) is 3.01. The molecule has 5 nitrogen and oxygen atoms in total. The zero-order valence-corrected chi connectivity index (χ0v) is 39.6. The Labute approximate surface area is 365 Å². The smallest absolute Gasteiger partial charge is 0.232 e. The molecule has 1 aromatic heterocycles. The Morgan fingerprint density at radius 2 is 0.732 bits per heavy atom. The lowest BCUT2D eigenvalue weighted by Gasteiger charge is -2.18. The zero-order valence-electron chi connectivity index (χ0n) is 34.7. The van der Waals surface area contributed by atoms with Crippen molar-refractivity contribution >= 4 is 93.8 Å². The number of thioether (sulfide) groups is 6. The van der Waals surface area contributed by atoms with Gasteiger partial charge in [-0.2, -0.15) is 15.0 Å². The first-order valence-corrected chi connectivity index (χ1v) is 26.9. The second-order valence-electron chi connectivity index (χ2n) is 13.7. The first-order chi connectivity index (χ1) is 27.5.